The Labute approximate surface area is 271 Å². The Morgan fingerprint density at radius 2 is 1.39 bits per heavy atom. The summed E-state index contributed by atoms with van der Waals surface area (Å²) in [6.07, 6.45) is 0.265. The van der Waals surface area contributed by atoms with Crippen LogP contribution in [0.15, 0.2) is 89.9 Å². The van der Waals surface area contributed by atoms with Gasteiger partial charge in [0.05, 0.1) is 17.7 Å². The third-order valence-electron chi connectivity index (χ3n) is 7.58. The molecule has 1 fully saturated rings. The van der Waals surface area contributed by atoms with Gasteiger partial charge in [0.2, 0.25) is 5.82 Å². The molecule has 0 bridgehead atoms. The van der Waals surface area contributed by atoms with Gasteiger partial charge >= 0.3 is 5.97 Å². The Bertz CT molecular complexity index is 1710. The predicted molar refractivity (Wildman–Crippen MR) is 158 cm³/mol. The summed E-state index contributed by atoms with van der Waals surface area (Å²) >= 11 is 0. The molecule has 0 spiro atoms. The molecular formula is C34H27F5N3NiO3-. The summed E-state index contributed by atoms with van der Waals surface area (Å²) < 4.78 is 70.5. The summed E-state index contributed by atoms with van der Waals surface area (Å²) in [6.45, 7) is 1.26. The van der Waals surface area contributed by atoms with Gasteiger partial charge in [-0.15, -0.1) is 5.69 Å². The van der Waals surface area contributed by atoms with Crippen molar-refractivity contribution in [3.8, 4) is 0 Å². The molecule has 4 aromatic rings. The van der Waals surface area contributed by atoms with E-state index in [2.05, 4.69) is 10.3 Å². The molecule has 12 heteroatoms. The van der Waals surface area contributed by atoms with E-state index < -0.39 is 65.0 Å². The van der Waals surface area contributed by atoms with E-state index in [9.17, 15) is 36.6 Å². The number of aliphatic imine (C=N–C) groups is 1. The van der Waals surface area contributed by atoms with Crippen molar-refractivity contribution in [1.82, 2.24) is 4.90 Å². The number of carbonyl (C=O) groups excluding carboxylic acids is 1. The first-order valence-corrected chi connectivity index (χ1v) is 14.1. The SMILES string of the molecule is O=C(O)[C@H](Cc1c(F)c(F)c(F)c(F)c1F)N=C(c1ccccc1)c1ccccc1[N-]C(=O)[C@@H]1CCCN1Cc1ccccc1.[Ni]. The molecule has 1 saturated heterocycles. The minimum atomic E-state index is -2.35. The average molecular weight is 679 g/mol. The van der Waals surface area contributed by atoms with E-state index in [4.69, 9.17) is 0 Å². The normalized spacial score (nSPS) is 15.7. The van der Waals surface area contributed by atoms with Crippen molar-refractivity contribution in [1.29, 1.82) is 0 Å². The van der Waals surface area contributed by atoms with E-state index >= 15 is 0 Å². The van der Waals surface area contributed by atoms with Crippen molar-refractivity contribution in [3.63, 3.8) is 0 Å². The molecule has 1 aliphatic rings. The Morgan fingerprint density at radius 3 is 2.02 bits per heavy atom. The second-order valence-corrected chi connectivity index (χ2v) is 10.5. The van der Waals surface area contributed by atoms with Gasteiger partial charge in [0, 0.05) is 40.6 Å². The third-order valence-corrected chi connectivity index (χ3v) is 7.58. The minimum absolute atomic E-state index is 0. The van der Waals surface area contributed by atoms with Crippen LogP contribution in [-0.2, 0) is 39.0 Å². The molecule has 5 rings (SSSR count). The van der Waals surface area contributed by atoms with Crippen molar-refractivity contribution in [2.45, 2.75) is 37.9 Å². The van der Waals surface area contributed by atoms with E-state index in [1.807, 2.05) is 35.2 Å². The molecule has 0 aromatic heterocycles. The number of aliphatic carboxylic acids is 1. The van der Waals surface area contributed by atoms with Crippen molar-refractivity contribution in [2.75, 3.05) is 6.54 Å². The van der Waals surface area contributed by atoms with Crippen LogP contribution in [0.2, 0.25) is 0 Å². The van der Waals surface area contributed by atoms with Crippen molar-refractivity contribution < 1.29 is 53.1 Å². The molecule has 46 heavy (non-hydrogen) atoms. The molecule has 242 valence electrons. The Morgan fingerprint density at radius 1 is 0.826 bits per heavy atom. The first-order chi connectivity index (χ1) is 21.7. The number of carbonyl (C=O) groups is 2. The maximum Gasteiger partial charge on any atom is 0.328 e. The van der Waals surface area contributed by atoms with E-state index in [-0.39, 0.29) is 33.5 Å². The van der Waals surface area contributed by atoms with Gasteiger partial charge in [0.15, 0.2) is 29.3 Å². The summed E-state index contributed by atoms with van der Waals surface area (Å²) in [5.74, 6) is -13.1. The smallest absolute Gasteiger partial charge is 0.328 e. The number of nitrogens with zero attached hydrogens (tertiary/aromatic N) is 3. The maximum atomic E-state index is 14.5. The van der Waals surface area contributed by atoms with Gasteiger partial charge in [-0.3, -0.25) is 9.89 Å². The van der Waals surface area contributed by atoms with Crippen LogP contribution in [0.1, 0.15) is 35.1 Å². The van der Waals surface area contributed by atoms with E-state index in [0.29, 0.717) is 25.1 Å². The van der Waals surface area contributed by atoms with Crippen molar-refractivity contribution in [2.24, 2.45) is 4.99 Å². The molecule has 0 radical (unpaired) electrons. The molecule has 0 aliphatic carbocycles. The number of carboxylic acids is 1. The van der Waals surface area contributed by atoms with Gasteiger partial charge in [-0.2, -0.15) is 0 Å². The van der Waals surface area contributed by atoms with Gasteiger partial charge in [-0.25, -0.2) is 26.7 Å². The number of carboxylic acid groups (broad SMARTS) is 1. The first-order valence-electron chi connectivity index (χ1n) is 14.1. The summed E-state index contributed by atoms with van der Waals surface area (Å²) in [5.41, 5.74) is 0.548. The van der Waals surface area contributed by atoms with Crippen molar-refractivity contribution in [3.05, 3.63) is 142 Å². The third kappa shape index (κ3) is 7.51. The van der Waals surface area contributed by atoms with E-state index in [1.54, 1.807) is 54.6 Å². The molecule has 1 heterocycles. The minimum Gasteiger partial charge on any atom is -0.625 e. The first kappa shape index (κ1) is 34.5. The van der Waals surface area contributed by atoms with Gasteiger partial charge in [-0.05, 0) is 30.5 Å². The largest absolute Gasteiger partial charge is 0.625 e. The topological polar surface area (TPSA) is 84.1 Å². The summed E-state index contributed by atoms with van der Waals surface area (Å²) in [6, 6.07) is 21.8. The number of likely N-dealkylation sites (tertiary alicyclic amines) is 1. The number of hydrogen-bond acceptors (Lipinski definition) is 4. The Balaban J connectivity index is 0.00000480. The number of hydrogen-bond donors (Lipinski definition) is 1. The molecule has 6 nitrogen and oxygen atoms in total. The van der Waals surface area contributed by atoms with Crippen LogP contribution in [0.25, 0.3) is 5.32 Å². The predicted octanol–water partition coefficient (Wildman–Crippen LogP) is 7.11. The van der Waals surface area contributed by atoms with E-state index in [1.165, 1.54) is 0 Å². The fourth-order valence-electron chi connectivity index (χ4n) is 5.34. The monoisotopic (exact) mass is 678 g/mol. The molecular weight excluding hydrogens is 652 g/mol. The zero-order chi connectivity index (χ0) is 32.1. The Kier molecular flexibility index (Phi) is 11.4. The van der Waals surface area contributed by atoms with Crippen molar-refractivity contribution >= 4 is 23.3 Å². The molecule has 4 aromatic carbocycles. The summed E-state index contributed by atoms with van der Waals surface area (Å²) in [4.78, 5) is 32.1. The van der Waals surface area contributed by atoms with Crippen LogP contribution >= 0.6 is 0 Å². The molecule has 1 N–H and O–H groups in total. The molecule has 1 aliphatic heterocycles. The zero-order valence-electron chi connectivity index (χ0n) is 24.1. The standard InChI is InChI=1S/C34H28F5N3O3.Ni/c35-27-23(28(36)30(38)31(39)29(27)37)18-25(34(44)45)40-32(21-12-5-2-6-13-21)22-14-7-8-15-24(22)41-33(43)26-16-9-17-42(26)19-20-10-3-1-4-11-20;/h1-8,10-15,25-26H,9,16-19H2,(H2,40,41,43,44,45);/p-1/t25-,26-;/m0./s1. The van der Waals surface area contributed by atoms with Crippen LogP contribution in [0.3, 0.4) is 0 Å². The molecule has 0 unspecified atom stereocenters. The van der Waals surface area contributed by atoms with E-state index in [0.717, 1.165) is 12.0 Å². The second kappa shape index (κ2) is 15.3. The second-order valence-electron chi connectivity index (χ2n) is 10.5. The number of amides is 1. The van der Waals surface area contributed by atoms with Crippen LogP contribution in [-0.4, -0.2) is 46.2 Å². The van der Waals surface area contributed by atoms with Gasteiger partial charge in [-0.1, -0.05) is 84.9 Å². The van der Waals surface area contributed by atoms with Gasteiger partial charge in [0.1, 0.15) is 0 Å². The fraction of sp³-hybridized carbons (Fsp3) is 0.206. The Hall–Kier alpha value is -4.41. The maximum absolute atomic E-state index is 14.5. The van der Waals surface area contributed by atoms with Gasteiger partial charge in [0.25, 0.3) is 0 Å². The molecule has 1 amide bonds. The van der Waals surface area contributed by atoms with Crippen LogP contribution in [0.4, 0.5) is 27.6 Å². The number of para-hydroxylation sites is 1. The summed E-state index contributed by atoms with van der Waals surface area (Å²) in [5, 5.41) is 14.4. The molecule has 2 atom stereocenters. The van der Waals surface area contributed by atoms with Crippen LogP contribution in [0, 0.1) is 29.1 Å². The summed E-state index contributed by atoms with van der Waals surface area (Å²) in [7, 11) is 0. The number of rotatable bonds is 10. The van der Waals surface area contributed by atoms with Gasteiger partial charge < -0.3 is 15.2 Å². The number of benzene rings is 4. The van der Waals surface area contributed by atoms with Crippen LogP contribution < -0.4 is 0 Å². The quantitative estimate of drug-likeness (QED) is 0.0637. The fourth-order valence-corrected chi connectivity index (χ4v) is 5.34. The van der Waals surface area contributed by atoms with Crippen LogP contribution in [0.5, 0.6) is 0 Å². The average Bonchev–Trinajstić information content (AvgIpc) is 3.52. The molecule has 0 saturated carbocycles. The number of halogens is 5. The zero-order valence-corrected chi connectivity index (χ0v) is 25.1.